The quantitative estimate of drug-likeness (QED) is 0.611. The molecular weight excluding hydrogens is 332 g/mol. The molecule has 0 N–H and O–H groups in total. The molecule has 1 aliphatic rings. The topological polar surface area (TPSA) is 60.4 Å². The van der Waals surface area contributed by atoms with Crippen LogP contribution in [0.5, 0.6) is 11.5 Å². The molecule has 0 atom stereocenters. The van der Waals surface area contributed by atoms with Gasteiger partial charge in [-0.3, -0.25) is 0 Å². The SMILES string of the molecule is COc1cc(OC)cc(C2=NC(=Cc3ccc(N(C)C)cc3)C(=O)O2)c1. The van der Waals surface area contributed by atoms with Gasteiger partial charge in [0.2, 0.25) is 5.90 Å². The maximum atomic E-state index is 12.2. The summed E-state index contributed by atoms with van der Waals surface area (Å²) >= 11 is 0. The zero-order chi connectivity index (χ0) is 18.7. The van der Waals surface area contributed by atoms with E-state index in [1.165, 1.54) is 0 Å². The summed E-state index contributed by atoms with van der Waals surface area (Å²) < 4.78 is 15.8. The van der Waals surface area contributed by atoms with Crippen LogP contribution < -0.4 is 14.4 Å². The predicted octanol–water partition coefficient (Wildman–Crippen LogP) is 3.11. The number of carbonyl (C=O) groups is 1. The van der Waals surface area contributed by atoms with E-state index in [0.29, 0.717) is 17.1 Å². The minimum atomic E-state index is -0.488. The van der Waals surface area contributed by atoms with E-state index in [1.54, 1.807) is 38.5 Å². The van der Waals surface area contributed by atoms with Crippen molar-refractivity contribution in [2.75, 3.05) is 33.2 Å². The Morgan fingerprint density at radius 2 is 1.62 bits per heavy atom. The Morgan fingerprint density at radius 3 is 2.15 bits per heavy atom. The number of anilines is 1. The van der Waals surface area contributed by atoms with Crippen LogP contribution in [0.15, 0.2) is 53.2 Å². The molecule has 134 valence electrons. The zero-order valence-corrected chi connectivity index (χ0v) is 15.1. The third-order valence-electron chi connectivity index (χ3n) is 3.93. The number of hydrogen-bond donors (Lipinski definition) is 0. The van der Waals surface area contributed by atoms with Crippen molar-refractivity contribution >= 4 is 23.6 Å². The van der Waals surface area contributed by atoms with Crippen molar-refractivity contribution in [2.24, 2.45) is 4.99 Å². The molecule has 1 aliphatic heterocycles. The summed E-state index contributed by atoms with van der Waals surface area (Å²) in [5.74, 6) is 0.923. The summed E-state index contributed by atoms with van der Waals surface area (Å²) in [5, 5.41) is 0. The summed E-state index contributed by atoms with van der Waals surface area (Å²) in [4.78, 5) is 18.5. The van der Waals surface area contributed by atoms with Crippen LogP contribution >= 0.6 is 0 Å². The first kappa shape index (κ1) is 17.5. The Balaban J connectivity index is 1.91. The van der Waals surface area contributed by atoms with Crippen LogP contribution in [0, 0.1) is 0 Å². The van der Waals surface area contributed by atoms with Crippen LogP contribution in [0.2, 0.25) is 0 Å². The largest absolute Gasteiger partial charge is 0.497 e. The average Bonchev–Trinajstić information content (AvgIpc) is 3.02. The summed E-state index contributed by atoms with van der Waals surface area (Å²) in [6, 6.07) is 13.0. The lowest BCUT2D eigenvalue weighted by atomic mass is 10.1. The summed E-state index contributed by atoms with van der Waals surface area (Å²) in [6.07, 6.45) is 1.70. The molecule has 2 aromatic rings. The first-order valence-corrected chi connectivity index (χ1v) is 8.03. The molecule has 0 saturated heterocycles. The minimum Gasteiger partial charge on any atom is -0.497 e. The molecule has 2 aromatic carbocycles. The summed E-state index contributed by atoms with van der Waals surface area (Å²) in [5.41, 5.74) is 2.81. The fraction of sp³-hybridized carbons (Fsp3) is 0.200. The molecule has 0 bridgehead atoms. The predicted molar refractivity (Wildman–Crippen MR) is 101 cm³/mol. The highest BCUT2D eigenvalue weighted by Gasteiger charge is 2.25. The maximum Gasteiger partial charge on any atom is 0.363 e. The van der Waals surface area contributed by atoms with Gasteiger partial charge in [0.1, 0.15) is 11.5 Å². The van der Waals surface area contributed by atoms with E-state index in [4.69, 9.17) is 14.2 Å². The Morgan fingerprint density at radius 1 is 1.00 bits per heavy atom. The van der Waals surface area contributed by atoms with Gasteiger partial charge in [0.25, 0.3) is 0 Å². The number of carbonyl (C=O) groups excluding carboxylic acids is 1. The Hall–Kier alpha value is -3.28. The normalized spacial score (nSPS) is 14.8. The van der Waals surface area contributed by atoms with Crippen molar-refractivity contribution in [3.05, 3.63) is 59.3 Å². The highest BCUT2D eigenvalue weighted by atomic mass is 16.6. The number of cyclic esters (lactones) is 1. The van der Waals surface area contributed by atoms with Gasteiger partial charge in [0.05, 0.1) is 14.2 Å². The van der Waals surface area contributed by atoms with E-state index in [0.717, 1.165) is 11.3 Å². The fourth-order valence-corrected chi connectivity index (χ4v) is 2.49. The van der Waals surface area contributed by atoms with Crippen LogP contribution in [0.3, 0.4) is 0 Å². The zero-order valence-electron chi connectivity index (χ0n) is 15.1. The van der Waals surface area contributed by atoms with Crippen molar-refractivity contribution in [1.82, 2.24) is 0 Å². The van der Waals surface area contributed by atoms with Gasteiger partial charge >= 0.3 is 5.97 Å². The van der Waals surface area contributed by atoms with Crippen molar-refractivity contribution in [3.63, 3.8) is 0 Å². The fourth-order valence-electron chi connectivity index (χ4n) is 2.49. The molecule has 1 heterocycles. The van der Waals surface area contributed by atoms with Gasteiger partial charge in [-0.05, 0) is 35.9 Å². The highest BCUT2D eigenvalue weighted by Crippen LogP contribution is 2.26. The molecule has 0 aliphatic carbocycles. The number of hydrogen-bond acceptors (Lipinski definition) is 6. The molecule has 0 amide bonds. The van der Waals surface area contributed by atoms with Crippen molar-refractivity contribution in [2.45, 2.75) is 0 Å². The van der Waals surface area contributed by atoms with Crippen LogP contribution in [0.25, 0.3) is 6.08 Å². The number of esters is 1. The van der Waals surface area contributed by atoms with Crippen LogP contribution in [-0.2, 0) is 9.53 Å². The van der Waals surface area contributed by atoms with Crippen LogP contribution in [0.4, 0.5) is 5.69 Å². The first-order chi connectivity index (χ1) is 12.5. The number of ether oxygens (including phenoxy) is 3. The molecule has 3 rings (SSSR count). The first-order valence-electron chi connectivity index (χ1n) is 8.03. The highest BCUT2D eigenvalue weighted by molar-refractivity contribution is 6.13. The van der Waals surface area contributed by atoms with Crippen molar-refractivity contribution in [3.8, 4) is 11.5 Å². The number of nitrogens with zero attached hydrogens (tertiary/aromatic N) is 2. The second-order valence-corrected chi connectivity index (χ2v) is 5.92. The van der Waals surface area contributed by atoms with E-state index in [-0.39, 0.29) is 11.6 Å². The van der Waals surface area contributed by atoms with Gasteiger partial charge in [-0.2, -0.15) is 0 Å². The van der Waals surface area contributed by atoms with E-state index in [1.807, 2.05) is 43.3 Å². The lowest BCUT2D eigenvalue weighted by Gasteiger charge is -2.11. The van der Waals surface area contributed by atoms with E-state index in [9.17, 15) is 4.79 Å². The van der Waals surface area contributed by atoms with Gasteiger partial charge in [-0.15, -0.1) is 0 Å². The maximum absolute atomic E-state index is 12.2. The van der Waals surface area contributed by atoms with Gasteiger partial charge in [-0.25, -0.2) is 9.79 Å². The standard InChI is InChI=1S/C20H20N2O4/c1-22(2)15-7-5-13(6-8-15)9-18-20(23)26-19(21-18)14-10-16(24-3)12-17(11-14)25-4/h5-12H,1-4H3. The molecule has 6 heteroatoms. The monoisotopic (exact) mass is 352 g/mol. The molecule has 0 aromatic heterocycles. The third kappa shape index (κ3) is 3.69. The van der Waals surface area contributed by atoms with Gasteiger partial charge < -0.3 is 19.1 Å². The van der Waals surface area contributed by atoms with Crippen LogP contribution in [-0.4, -0.2) is 40.2 Å². The molecule has 0 radical (unpaired) electrons. The Labute approximate surface area is 152 Å². The molecular formula is C20H20N2O4. The second-order valence-electron chi connectivity index (χ2n) is 5.92. The molecule has 6 nitrogen and oxygen atoms in total. The summed E-state index contributed by atoms with van der Waals surface area (Å²) in [6.45, 7) is 0. The second kappa shape index (κ2) is 7.31. The lowest BCUT2D eigenvalue weighted by Crippen LogP contribution is -2.08. The Kier molecular flexibility index (Phi) is 4.93. The van der Waals surface area contributed by atoms with Gasteiger partial charge in [-0.1, -0.05) is 12.1 Å². The van der Waals surface area contributed by atoms with E-state index >= 15 is 0 Å². The number of benzene rings is 2. The van der Waals surface area contributed by atoms with Gasteiger partial charge in [0.15, 0.2) is 5.70 Å². The van der Waals surface area contributed by atoms with E-state index < -0.39 is 5.97 Å². The van der Waals surface area contributed by atoms with Crippen LogP contribution in [0.1, 0.15) is 11.1 Å². The lowest BCUT2D eigenvalue weighted by molar-refractivity contribution is -0.129. The number of methoxy groups -OCH3 is 2. The minimum absolute atomic E-state index is 0.225. The molecule has 0 fully saturated rings. The molecule has 26 heavy (non-hydrogen) atoms. The average molecular weight is 352 g/mol. The van der Waals surface area contributed by atoms with Gasteiger partial charge in [0, 0.05) is 31.4 Å². The molecule has 0 saturated carbocycles. The Bertz CT molecular complexity index is 861. The summed E-state index contributed by atoms with van der Waals surface area (Å²) in [7, 11) is 7.06. The number of rotatable bonds is 5. The van der Waals surface area contributed by atoms with E-state index in [2.05, 4.69) is 4.99 Å². The number of aliphatic imine (C=N–C) groups is 1. The van der Waals surface area contributed by atoms with Crippen molar-refractivity contribution < 1.29 is 19.0 Å². The molecule has 0 unspecified atom stereocenters. The van der Waals surface area contributed by atoms with Crippen molar-refractivity contribution in [1.29, 1.82) is 0 Å². The smallest absolute Gasteiger partial charge is 0.363 e. The molecule has 0 spiro atoms. The third-order valence-corrected chi connectivity index (χ3v) is 3.93.